The standard InChI is InChI=1S/C24H27N3O6/c1-15-14-17(8-11-19(15)33-4)22(28)20-21(16-6-9-18(10-7-16)27(31)32)26(24(30)23(20)29)13-5-12-25(2)3/h6-11,14,21,28H,5,12-13H2,1-4H3/b22-20+/t21-/m1/s1. The Morgan fingerprint density at radius 2 is 1.85 bits per heavy atom. The second kappa shape index (κ2) is 9.83. The first-order chi connectivity index (χ1) is 15.6. The van der Waals surface area contributed by atoms with Crippen LogP contribution in [0.4, 0.5) is 5.69 Å². The second-order valence-electron chi connectivity index (χ2n) is 8.18. The lowest BCUT2D eigenvalue weighted by molar-refractivity contribution is -0.384. The zero-order valence-corrected chi connectivity index (χ0v) is 19.1. The summed E-state index contributed by atoms with van der Waals surface area (Å²) in [5.74, 6) is -1.15. The van der Waals surface area contributed by atoms with Gasteiger partial charge in [0.25, 0.3) is 17.4 Å². The molecule has 3 rings (SSSR count). The highest BCUT2D eigenvalue weighted by Gasteiger charge is 2.45. The summed E-state index contributed by atoms with van der Waals surface area (Å²) in [6.45, 7) is 2.81. The Morgan fingerprint density at radius 3 is 2.39 bits per heavy atom. The van der Waals surface area contributed by atoms with E-state index in [2.05, 4.69) is 0 Å². The summed E-state index contributed by atoms with van der Waals surface area (Å²) in [6.07, 6.45) is 0.616. The van der Waals surface area contributed by atoms with Crippen molar-refractivity contribution in [2.75, 3.05) is 34.3 Å². The van der Waals surface area contributed by atoms with Gasteiger partial charge >= 0.3 is 0 Å². The molecule has 9 heteroatoms. The predicted octanol–water partition coefficient (Wildman–Crippen LogP) is 3.29. The summed E-state index contributed by atoms with van der Waals surface area (Å²) in [5, 5.41) is 22.2. The molecule has 2 aromatic carbocycles. The lowest BCUT2D eigenvalue weighted by Gasteiger charge is -2.26. The van der Waals surface area contributed by atoms with Gasteiger partial charge < -0.3 is 19.6 Å². The number of hydrogen-bond donors (Lipinski definition) is 1. The maximum absolute atomic E-state index is 13.0. The number of nitrogens with zero attached hydrogens (tertiary/aromatic N) is 3. The van der Waals surface area contributed by atoms with Crippen molar-refractivity contribution in [2.24, 2.45) is 0 Å². The molecule has 1 fully saturated rings. The Kier molecular flexibility index (Phi) is 7.13. The monoisotopic (exact) mass is 453 g/mol. The smallest absolute Gasteiger partial charge is 0.295 e. The van der Waals surface area contributed by atoms with E-state index in [9.17, 15) is 24.8 Å². The molecule has 0 saturated carbocycles. The SMILES string of the molecule is COc1ccc(/C(O)=C2\C(=O)C(=O)N(CCCN(C)C)[C@@H]2c2ccc([N+](=O)[O-])cc2)cc1C. The van der Waals surface area contributed by atoms with E-state index >= 15 is 0 Å². The summed E-state index contributed by atoms with van der Waals surface area (Å²) >= 11 is 0. The predicted molar refractivity (Wildman–Crippen MR) is 123 cm³/mol. The van der Waals surface area contributed by atoms with Gasteiger partial charge in [-0.15, -0.1) is 0 Å². The Balaban J connectivity index is 2.11. The number of carbonyl (C=O) groups is 2. The topological polar surface area (TPSA) is 113 Å². The zero-order valence-electron chi connectivity index (χ0n) is 19.1. The number of ether oxygens (including phenoxy) is 1. The molecular weight excluding hydrogens is 426 g/mol. The summed E-state index contributed by atoms with van der Waals surface area (Å²) < 4.78 is 5.26. The van der Waals surface area contributed by atoms with Crippen LogP contribution in [0.15, 0.2) is 48.0 Å². The molecule has 2 aromatic rings. The van der Waals surface area contributed by atoms with E-state index in [-0.39, 0.29) is 17.0 Å². The van der Waals surface area contributed by atoms with Crippen LogP contribution in [0.1, 0.15) is 29.2 Å². The van der Waals surface area contributed by atoms with E-state index in [1.807, 2.05) is 25.9 Å². The van der Waals surface area contributed by atoms with Crippen molar-refractivity contribution in [2.45, 2.75) is 19.4 Å². The number of non-ortho nitro benzene ring substituents is 1. The van der Waals surface area contributed by atoms with Gasteiger partial charge in [-0.05, 0) is 75.4 Å². The quantitative estimate of drug-likeness (QED) is 0.215. The number of aliphatic hydroxyl groups excluding tert-OH is 1. The number of nitro groups is 1. The molecule has 0 aromatic heterocycles. The molecule has 9 nitrogen and oxygen atoms in total. The summed E-state index contributed by atoms with van der Waals surface area (Å²) in [6, 6.07) is 9.81. The summed E-state index contributed by atoms with van der Waals surface area (Å²) in [4.78, 5) is 39.9. The van der Waals surface area contributed by atoms with E-state index in [4.69, 9.17) is 4.74 Å². The first-order valence-electron chi connectivity index (χ1n) is 10.5. The number of aliphatic hydroxyl groups is 1. The Bertz CT molecular complexity index is 1110. The van der Waals surface area contributed by atoms with Gasteiger partial charge in [0.1, 0.15) is 11.5 Å². The lowest BCUT2D eigenvalue weighted by Crippen LogP contribution is -2.32. The van der Waals surface area contributed by atoms with Gasteiger partial charge in [0.05, 0.1) is 23.6 Å². The average molecular weight is 453 g/mol. The minimum absolute atomic E-state index is 0.0386. The zero-order chi connectivity index (χ0) is 24.3. The van der Waals surface area contributed by atoms with Crippen LogP contribution in [-0.4, -0.2) is 65.8 Å². The number of nitro benzene ring substituents is 1. The van der Waals surface area contributed by atoms with Gasteiger partial charge in [0.2, 0.25) is 0 Å². The van der Waals surface area contributed by atoms with Crippen molar-refractivity contribution in [1.82, 2.24) is 9.80 Å². The number of benzene rings is 2. The van der Waals surface area contributed by atoms with Gasteiger partial charge in [0, 0.05) is 24.2 Å². The molecule has 1 aliphatic rings. The molecular formula is C24H27N3O6. The van der Waals surface area contributed by atoms with Gasteiger partial charge in [0.15, 0.2) is 0 Å². The molecule has 33 heavy (non-hydrogen) atoms. The van der Waals surface area contributed by atoms with Gasteiger partial charge in [-0.3, -0.25) is 19.7 Å². The van der Waals surface area contributed by atoms with E-state index < -0.39 is 22.7 Å². The highest BCUT2D eigenvalue weighted by molar-refractivity contribution is 6.46. The molecule has 1 saturated heterocycles. The van der Waals surface area contributed by atoms with Gasteiger partial charge in [-0.2, -0.15) is 0 Å². The van der Waals surface area contributed by atoms with Crippen LogP contribution in [0.5, 0.6) is 5.75 Å². The minimum atomic E-state index is -0.852. The molecule has 0 unspecified atom stereocenters. The van der Waals surface area contributed by atoms with Crippen molar-refractivity contribution in [3.8, 4) is 5.75 Å². The molecule has 0 spiro atoms. The van der Waals surface area contributed by atoms with Crippen molar-refractivity contribution in [3.63, 3.8) is 0 Å². The molecule has 1 aliphatic heterocycles. The highest BCUT2D eigenvalue weighted by Crippen LogP contribution is 2.40. The minimum Gasteiger partial charge on any atom is -0.507 e. The Labute approximate surface area is 192 Å². The number of Topliss-reactive ketones (excluding diaryl/α,β-unsaturated/α-hetero) is 1. The number of ketones is 1. The fourth-order valence-electron chi connectivity index (χ4n) is 3.97. The van der Waals surface area contributed by atoms with E-state index in [0.717, 1.165) is 5.56 Å². The first-order valence-corrected chi connectivity index (χ1v) is 10.5. The Morgan fingerprint density at radius 1 is 1.18 bits per heavy atom. The van der Waals surface area contributed by atoms with Crippen molar-refractivity contribution in [1.29, 1.82) is 0 Å². The normalized spacial score (nSPS) is 17.6. The molecule has 1 atom stereocenters. The number of rotatable bonds is 8. The fraction of sp³-hybridized carbons (Fsp3) is 0.333. The van der Waals surface area contributed by atoms with Crippen LogP contribution in [0.3, 0.4) is 0 Å². The third-order valence-corrected chi connectivity index (χ3v) is 5.63. The van der Waals surface area contributed by atoms with Crippen molar-refractivity contribution < 1.29 is 24.4 Å². The third kappa shape index (κ3) is 4.88. The van der Waals surface area contributed by atoms with E-state index in [0.29, 0.717) is 36.4 Å². The lowest BCUT2D eigenvalue weighted by atomic mass is 9.94. The maximum atomic E-state index is 13.0. The van der Waals surface area contributed by atoms with Gasteiger partial charge in [-0.1, -0.05) is 0 Å². The molecule has 174 valence electrons. The van der Waals surface area contributed by atoms with Crippen LogP contribution in [0.25, 0.3) is 5.76 Å². The molecule has 0 radical (unpaired) electrons. The van der Waals surface area contributed by atoms with Crippen molar-refractivity contribution in [3.05, 3.63) is 74.8 Å². The van der Waals surface area contributed by atoms with E-state index in [1.54, 1.807) is 18.2 Å². The maximum Gasteiger partial charge on any atom is 0.295 e. The number of amides is 1. The number of hydrogen-bond acceptors (Lipinski definition) is 7. The van der Waals surface area contributed by atoms with Gasteiger partial charge in [-0.25, -0.2) is 0 Å². The van der Waals surface area contributed by atoms with Crippen molar-refractivity contribution >= 4 is 23.1 Å². The average Bonchev–Trinajstić information content (AvgIpc) is 3.03. The Hall–Kier alpha value is -3.72. The molecule has 0 aliphatic carbocycles. The largest absolute Gasteiger partial charge is 0.507 e. The third-order valence-electron chi connectivity index (χ3n) is 5.63. The van der Waals surface area contributed by atoms with Crippen LogP contribution >= 0.6 is 0 Å². The highest BCUT2D eigenvalue weighted by atomic mass is 16.6. The molecule has 0 bridgehead atoms. The number of carbonyl (C=O) groups excluding carboxylic acids is 2. The van der Waals surface area contributed by atoms with E-state index in [1.165, 1.54) is 36.3 Å². The first kappa shape index (κ1) is 23.9. The molecule has 1 N–H and O–H groups in total. The summed E-state index contributed by atoms with van der Waals surface area (Å²) in [7, 11) is 5.36. The van der Waals surface area contributed by atoms with Crippen LogP contribution in [0, 0.1) is 17.0 Å². The van der Waals surface area contributed by atoms with Crippen LogP contribution < -0.4 is 4.74 Å². The molecule has 1 amide bonds. The molecule has 1 heterocycles. The fourth-order valence-corrected chi connectivity index (χ4v) is 3.97. The number of aryl methyl sites for hydroxylation is 1. The number of methoxy groups -OCH3 is 1. The second-order valence-corrected chi connectivity index (χ2v) is 8.18. The van der Waals surface area contributed by atoms with Crippen LogP contribution in [0.2, 0.25) is 0 Å². The number of likely N-dealkylation sites (tertiary alicyclic amines) is 1. The summed E-state index contributed by atoms with van der Waals surface area (Å²) in [5.41, 5.74) is 1.51. The van der Waals surface area contributed by atoms with Crippen LogP contribution in [-0.2, 0) is 9.59 Å².